The van der Waals surface area contributed by atoms with Crippen molar-refractivity contribution in [2.45, 2.75) is 26.4 Å². The van der Waals surface area contributed by atoms with E-state index in [0.29, 0.717) is 13.1 Å². The Morgan fingerprint density at radius 3 is 2.71 bits per heavy atom. The molecule has 0 amide bonds. The van der Waals surface area contributed by atoms with Gasteiger partial charge in [-0.15, -0.1) is 0 Å². The molecule has 0 radical (unpaired) electrons. The molecule has 0 aliphatic heterocycles. The number of nitrogens with zero attached hydrogens (tertiary/aromatic N) is 2. The van der Waals surface area contributed by atoms with E-state index in [2.05, 4.69) is 15.1 Å². The zero-order valence-corrected chi connectivity index (χ0v) is 11.3. The Labute approximate surface area is 102 Å². The summed E-state index contributed by atoms with van der Waals surface area (Å²) in [5.74, 6) is 0. The summed E-state index contributed by atoms with van der Waals surface area (Å²) in [4.78, 5) is 0. The largest absolute Gasteiger partial charge is 0.309 e. The molecule has 6 nitrogen and oxygen atoms in total. The van der Waals surface area contributed by atoms with Gasteiger partial charge in [0.05, 0.1) is 12.5 Å². The molecule has 1 aromatic rings. The van der Waals surface area contributed by atoms with Crippen molar-refractivity contribution in [1.82, 2.24) is 19.8 Å². The second kappa shape index (κ2) is 6.13. The fourth-order valence-corrected chi connectivity index (χ4v) is 1.89. The molecule has 1 rings (SSSR count). The molecule has 0 saturated heterocycles. The van der Waals surface area contributed by atoms with Crippen molar-refractivity contribution in [3.05, 3.63) is 18.0 Å². The number of aryl methyl sites for hydroxylation is 1. The summed E-state index contributed by atoms with van der Waals surface area (Å²) >= 11 is 0. The first kappa shape index (κ1) is 14.1. The molecule has 0 bridgehead atoms. The highest BCUT2D eigenvalue weighted by atomic mass is 32.2. The third kappa shape index (κ3) is 5.29. The van der Waals surface area contributed by atoms with E-state index in [4.69, 9.17) is 0 Å². The Hall–Kier alpha value is -0.920. The molecule has 0 aromatic carbocycles. The molecule has 7 heteroatoms. The Morgan fingerprint density at radius 2 is 2.18 bits per heavy atom. The van der Waals surface area contributed by atoms with Crippen LogP contribution in [-0.4, -0.2) is 37.5 Å². The first-order valence-corrected chi connectivity index (χ1v) is 7.52. The number of rotatable bonds is 7. The maximum atomic E-state index is 10.8. The van der Waals surface area contributed by atoms with E-state index in [0.717, 1.165) is 18.4 Å². The normalized spacial score (nSPS) is 13.8. The van der Waals surface area contributed by atoms with Gasteiger partial charge < -0.3 is 5.32 Å². The van der Waals surface area contributed by atoms with E-state index in [1.54, 1.807) is 0 Å². The minimum absolute atomic E-state index is 0.164. The summed E-state index contributed by atoms with van der Waals surface area (Å²) in [6, 6.07) is 0.164. The molecule has 0 saturated carbocycles. The second-order valence-electron chi connectivity index (χ2n) is 3.97. The van der Waals surface area contributed by atoms with Crippen molar-refractivity contribution in [1.29, 1.82) is 0 Å². The second-order valence-corrected chi connectivity index (χ2v) is 5.80. The third-order valence-electron chi connectivity index (χ3n) is 2.42. The molecule has 0 fully saturated rings. The van der Waals surface area contributed by atoms with Crippen LogP contribution in [-0.2, 0) is 16.6 Å². The molecule has 17 heavy (non-hydrogen) atoms. The summed E-state index contributed by atoms with van der Waals surface area (Å²) in [6.45, 7) is 5.89. The number of hydrogen-bond donors (Lipinski definition) is 2. The quantitative estimate of drug-likeness (QED) is 0.682. The maximum Gasteiger partial charge on any atom is 0.208 e. The fourth-order valence-electron chi connectivity index (χ4n) is 1.42. The van der Waals surface area contributed by atoms with Crippen LogP contribution in [0.1, 0.15) is 25.5 Å². The van der Waals surface area contributed by atoms with E-state index < -0.39 is 10.0 Å². The molecular formula is C10H20N4O2S. The van der Waals surface area contributed by atoms with Crippen LogP contribution in [0.2, 0.25) is 0 Å². The van der Waals surface area contributed by atoms with E-state index in [9.17, 15) is 8.42 Å². The maximum absolute atomic E-state index is 10.8. The number of hydrogen-bond acceptors (Lipinski definition) is 4. The zero-order valence-electron chi connectivity index (χ0n) is 10.5. The lowest BCUT2D eigenvalue weighted by atomic mass is 10.2. The van der Waals surface area contributed by atoms with Crippen LogP contribution in [0.15, 0.2) is 12.4 Å². The molecule has 1 atom stereocenters. The lowest BCUT2D eigenvalue weighted by Gasteiger charge is -2.11. The Bertz CT molecular complexity index is 441. The summed E-state index contributed by atoms with van der Waals surface area (Å²) in [7, 11) is -3.09. The minimum atomic E-state index is -3.09. The first-order valence-electron chi connectivity index (χ1n) is 5.62. The van der Waals surface area contributed by atoms with Gasteiger partial charge in [-0.05, 0) is 13.8 Å². The van der Waals surface area contributed by atoms with Crippen molar-refractivity contribution in [2.75, 3.05) is 19.3 Å². The van der Waals surface area contributed by atoms with Gasteiger partial charge >= 0.3 is 0 Å². The minimum Gasteiger partial charge on any atom is -0.309 e. The van der Waals surface area contributed by atoms with Gasteiger partial charge in [-0.1, -0.05) is 0 Å². The monoisotopic (exact) mass is 260 g/mol. The average Bonchev–Trinajstić information content (AvgIpc) is 2.71. The smallest absolute Gasteiger partial charge is 0.208 e. The predicted molar refractivity (Wildman–Crippen MR) is 67.2 cm³/mol. The average molecular weight is 260 g/mol. The Morgan fingerprint density at radius 1 is 1.47 bits per heavy atom. The summed E-state index contributed by atoms with van der Waals surface area (Å²) in [6.07, 6.45) is 4.97. The SMILES string of the molecule is CCn1cc(C(C)NCCNS(C)(=O)=O)cn1. The lowest BCUT2D eigenvalue weighted by Crippen LogP contribution is -2.32. The van der Waals surface area contributed by atoms with Gasteiger partial charge in [0.15, 0.2) is 0 Å². The van der Waals surface area contributed by atoms with Crippen LogP contribution < -0.4 is 10.0 Å². The number of aromatic nitrogens is 2. The standard InChI is InChI=1S/C10H20N4O2S/c1-4-14-8-10(7-12-14)9(2)11-5-6-13-17(3,15)16/h7-9,11,13H,4-6H2,1-3H3. The van der Waals surface area contributed by atoms with Gasteiger partial charge in [0.1, 0.15) is 0 Å². The molecule has 0 aliphatic carbocycles. The van der Waals surface area contributed by atoms with Crippen molar-refractivity contribution in [3.63, 3.8) is 0 Å². The van der Waals surface area contributed by atoms with Gasteiger partial charge in [-0.25, -0.2) is 13.1 Å². The van der Waals surface area contributed by atoms with E-state index in [1.165, 1.54) is 0 Å². The first-order chi connectivity index (χ1) is 7.92. The van der Waals surface area contributed by atoms with Gasteiger partial charge in [0.25, 0.3) is 0 Å². The molecule has 1 aromatic heterocycles. The van der Waals surface area contributed by atoms with Crippen LogP contribution in [0.3, 0.4) is 0 Å². The van der Waals surface area contributed by atoms with E-state index in [1.807, 2.05) is 30.9 Å². The highest BCUT2D eigenvalue weighted by Gasteiger charge is 2.07. The van der Waals surface area contributed by atoms with E-state index >= 15 is 0 Å². The zero-order chi connectivity index (χ0) is 12.9. The molecule has 98 valence electrons. The molecule has 1 unspecified atom stereocenters. The van der Waals surface area contributed by atoms with Crippen LogP contribution in [0.4, 0.5) is 0 Å². The summed E-state index contributed by atoms with van der Waals surface area (Å²) < 4.78 is 26.0. The van der Waals surface area contributed by atoms with Gasteiger partial charge in [-0.2, -0.15) is 5.10 Å². The van der Waals surface area contributed by atoms with Crippen LogP contribution in [0.25, 0.3) is 0 Å². The number of sulfonamides is 1. The van der Waals surface area contributed by atoms with Gasteiger partial charge in [0.2, 0.25) is 10.0 Å². The predicted octanol–water partition coefficient (Wildman–Crippen LogP) is 0.103. The number of nitrogens with one attached hydrogen (secondary N) is 2. The van der Waals surface area contributed by atoms with Gasteiger partial charge in [0, 0.05) is 37.4 Å². The lowest BCUT2D eigenvalue weighted by molar-refractivity contribution is 0.555. The van der Waals surface area contributed by atoms with Gasteiger partial charge in [-0.3, -0.25) is 4.68 Å². The van der Waals surface area contributed by atoms with Crippen molar-refractivity contribution >= 4 is 10.0 Å². The molecule has 1 heterocycles. The highest BCUT2D eigenvalue weighted by Crippen LogP contribution is 2.09. The Kier molecular flexibility index (Phi) is 5.10. The summed E-state index contributed by atoms with van der Waals surface area (Å²) in [5, 5.41) is 7.42. The topological polar surface area (TPSA) is 76.0 Å². The van der Waals surface area contributed by atoms with Crippen molar-refractivity contribution in [3.8, 4) is 0 Å². The molecule has 0 spiro atoms. The Balaban J connectivity index is 2.32. The fraction of sp³-hybridized carbons (Fsp3) is 0.700. The summed E-state index contributed by atoms with van der Waals surface area (Å²) in [5.41, 5.74) is 1.10. The van der Waals surface area contributed by atoms with Crippen LogP contribution >= 0.6 is 0 Å². The molecule has 2 N–H and O–H groups in total. The van der Waals surface area contributed by atoms with Crippen molar-refractivity contribution < 1.29 is 8.42 Å². The molecular weight excluding hydrogens is 240 g/mol. The highest BCUT2D eigenvalue weighted by molar-refractivity contribution is 7.88. The van der Waals surface area contributed by atoms with Crippen molar-refractivity contribution in [2.24, 2.45) is 0 Å². The third-order valence-corrected chi connectivity index (χ3v) is 3.15. The van der Waals surface area contributed by atoms with Crippen LogP contribution in [0, 0.1) is 0 Å². The van der Waals surface area contributed by atoms with Crippen LogP contribution in [0.5, 0.6) is 0 Å². The molecule has 0 aliphatic rings. The van der Waals surface area contributed by atoms with E-state index in [-0.39, 0.29) is 6.04 Å².